The van der Waals surface area contributed by atoms with Crippen LogP contribution >= 0.6 is 23.4 Å². The lowest BCUT2D eigenvalue weighted by Crippen LogP contribution is -2.14. The fraction of sp³-hybridized carbons (Fsp3) is 0.150. The zero-order valence-corrected chi connectivity index (χ0v) is 16.1. The van der Waals surface area contributed by atoms with Crippen LogP contribution in [-0.4, -0.2) is 21.6 Å². The molecule has 0 aliphatic rings. The van der Waals surface area contributed by atoms with E-state index in [-0.39, 0.29) is 11.7 Å². The van der Waals surface area contributed by atoms with E-state index in [0.29, 0.717) is 27.7 Å². The number of amides is 1. The van der Waals surface area contributed by atoms with Crippen LogP contribution in [0.4, 0.5) is 5.69 Å². The molecule has 1 amide bonds. The SMILES string of the molecule is CCc1nc(SCC(=O)Nc2cccc(Cl)c2)c2oc3ccccc3c2n1. The number of halogens is 1. The summed E-state index contributed by atoms with van der Waals surface area (Å²) < 4.78 is 5.95. The van der Waals surface area contributed by atoms with Crippen molar-refractivity contribution in [2.24, 2.45) is 0 Å². The summed E-state index contributed by atoms with van der Waals surface area (Å²) in [6, 6.07) is 14.8. The van der Waals surface area contributed by atoms with Crippen LogP contribution < -0.4 is 5.32 Å². The molecule has 0 atom stereocenters. The molecule has 0 radical (unpaired) electrons. The Bertz CT molecular complexity index is 1140. The lowest BCUT2D eigenvalue weighted by atomic mass is 10.2. The van der Waals surface area contributed by atoms with Crippen molar-refractivity contribution in [3.05, 3.63) is 59.4 Å². The molecule has 0 saturated carbocycles. The molecule has 0 saturated heterocycles. The van der Waals surface area contributed by atoms with Gasteiger partial charge in [-0.1, -0.05) is 48.5 Å². The number of hydrogen-bond acceptors (Lipinski definition) is 5. The van der Waals surface area contributed by atoms with Crippen LogP contribution in [0.3, 0.4) is 0 Å². The molecule has 2 aromatic heterocycles. The summed E-state index contributed by atoms with van der Waals surface area (Å²) in [5.41, 5.74) is 2.84. The molecule has 2 aromatic carbocycles. The molecular weight excluding hydrogens is 382 g/mol. The fourth-order valence-electron chi connectivity index (χ4n) is 2.76. The molecule has 2 heterocycles. The second-order valence-corrected chi connectivity index (χ2v) is 7.32. The van der Waals surface area contributed by atoms with Gasteiger partial charge in [0, 0.05) is 22.5 Å². The van der Waals surface area contributed by atoms with Crippen molar-refractivity contribution in [1.29, 1.82) is 0 Å². The number of anilines is 1. The first-order valence-corrected chi connectivity index (χ1v) is 9.87. The third-order valence-electron chi connectivity index (χ3n) is 4.00. The first-order chi connectivity index (χ1) is 13.1. The van der Waals surface area contributed by atoms with Gasteiger partial charge in [0.15, 0.2) is 5.58 Å². The third-order valence-corrected chi connectivity index (χ3v) is 5.19. The smallest absolute Gasteiger partial charge is 0.234 e. The highest BCUT2D eigenvalue weighted by atomic mass is 35.5. The second-order valence-electron chi connectivity index (χ2n) is 5.92. The van der Waals surface area contributed by atoms with Crippen LogP contribution in [0.25, 0.3) is 22.1 Å². The number of carbonyl (C=O) groups is 1. The normalized spacial score (nSPS) is 11.2. The Morgan fingerprint density at radius 1 is 1.19 bits per heavy atom. The van der Waals surface area contributed by atoms with Gasteiger partial charge in [0.1, 0.15) is 22.0 Å². The van der Waals surface area contributed by atoms with E-state index in [1.807, 2.05) is 31.2 Å². The molecule has 0 bridgehead atoms. The van der Waals surface area contributed by atoms with Crippen LogP contribution in [-0.2, 0) is 11.2 Å². The molecular formula is C20H16ClN3O2S. The van der Waals surface area contributed by atoms with Crippen molar-refractivity contribution in [2.45, 2.75) is 18.4 Å². The van der Waals surface area contributed by atoms with Crippen LogP contribution in [0.5, 0.6) is 0 Å². The van der Waals surface area contributed by atoms with E-state index in [1.54, 1.807) is 24.3 Å². The Morgan fingerprint density at radius 3 is 2.85 bits per heavy atom. The number of nitrogens with zero attached hydrogens (tertiary/aromatic N) is 2. The molecule has 4 aromatic rings. The number of aryl methyl sites for hydroxylation is 1. The van der Waals surface area contributed by atoms with Gasteiger partial charge in [0.05, 0.1) is 5.75 Å². The standard InChI is InChI=1S/C20H16ClN3O2S/c1-2-16-23-18-14-8-3-4-9-15(14)26-19(18)20(24-16)27-11-17(25)22-13-7-5-6-12(21)10-13/h3-10H,2,11H2,1H3,(H,22,25). The summed E-state index contributed by atoms with van der Waals surface area (Å²) in [6.45, 7) is 2.00. The number of para-hydroxylation sites is 1. The van der Waals surface area contributed by atoms with Gasteiger partial charge in [-0.2, -0.15) is 0 Å². The van der Waals surface area contributed by atoms with E-state index in [1.165, 1.54) is 11.8 Å². The lowest BCUT2D eigenvalue weighted by molar-refractivity contribution is -0.113. The molecule has 0 unspecified atom stereocenters. The molecule has 7 heteroatoms. The lowest BCUT2D eigenvalue weighted by Gasteiger charge is -2.06. The maximum absolute atomic E-state index is 12.3. The number of aromatic nitrogens is 2. The molecule has 0 aliphatic heterocycles. The number of furan rings is 1. The van der Waals surface area contributed by atoms with Crippen molar-refractivity contribution in [3.8, 4) is 0 Å². The first kappa shape index (κ1) is 17.8. The molecule has 1 N–H and O–H groups in total. The second kappa shape index (κ2) is 7.58. The Balaban J connectivity index is 1.60. The Hall–Kier alpha value is -2.57. The molecule has 0 fully saturated rings. The average Bonchev–Trinajstić information content (AvgIpc) is 3.05. The van der Waals surface area contributed by atoms with Gasteiger partial charge in [-0.05, 0) is 30.3 Å². The minimum atomic E-state index is -0.136. The van der Waals surface area contributed by atoms with Crippen molar-refractivity contribution < 1.29 is 9.21 Å². The monoisotopic (exact) mass is 397 g/mol. The van der Waals surface area contributed by atoms with Crippen LogP contribution in [0.1, 0.15) is 12.7 Å². The number of nitrogens with one attached hydrogen (secondary N) is 1. The van der Waals surface area contributed by atoms with Crippen LogP contribution in [0.15, 0.2) is 58.0 Å². The molecule has 4 rings (SSSR count). The predicted octanol–water partition coefficient (Wildman–Crippen LogP) is 5.32. The van der Waals surface area contributed by atoms with Crippen LogP contribution in [0.2, 0.25) is 5.02 Å². The van der Waals surface area contributed by atoms with E-state index >= 15 is 0 Å². The quantitative estimate of drug-likeness (QED) is 0.364. The van der Waals surface area contributed by atoms with E-state index in [4.69, 9.17) is 16.0 Å². The van der Waals surface area contributed by atoms with Gasteiger partial charge in [-0.15, -0.1) is 0 Å². The maximum Gasteiger partial charge on any atom is 0.234 e. The van der Waals surface area contributed by atoms with Crippen molar-refractivity contribution >= 4 is 57.0 Å². The number of fused-ring (bicyclic) bond motifs is 3. The summed E-state index contributed by atoms with van der Waals surface area (Å²) in [4.78, 5) is 21.5. The topological polar surface area (TPSA) is 68.0 Å². The largest absolute Gasteiger partial charge is 0.451 e. The molecule has 0 spiro atoms. The van der Waals surface area contributed by atoms with Crippen molar-refractivity contribution in [1.82, 2.24) is 9.97 Å². The van der Waals surface area contributed by atoms with Gasteiger partial charge in [0.25, 0.3) is 0 Å². The van der Waals surface area contributed by atoms with Gasteiger partial charge < -0.3 is 9.73 Å². The van der Waals surface area contributed by atoms with Crippen LogP contribution in [0, 0.1) is 0 Å². The summed E-state index contributed by atoms with van der Waals surface area (Å²) >= 11 is 7.29. The number of hydrogen-bond donors (Lipinski definition) is 1. The Labute approximate surface area is 165 Å². The fourth-order valence-corrected chi connectivity index (χ4v) is 3.73. The van der Waals surface area contributed by atoms with Crippen molar-refractivity contribution in [3.63, 3.8) is 0 Å². The molecule has 0 aliphatic carbocycles. The summed E-state index contributed by atoms with van der Waals surface area (Å²) in [5.74, 6) is 0.800. The first-order valence-electron chi connectivity index (χ1n) is 8.50. The molecule has 136 valence electrons. The van der Waals surface area contributed by atoms with Gasteiger partial charge >= 0.3 is 0 Å². The Morgan fingerprint density at radius 2 is 2.04 bits per heavy atom. The summed E-state index contributed by atoms with van der Waals surface area (Å²) in [6.07, 6.45) is 0.706. The predicted molar refractivity (Wildman–Crippen MR) is 109 cm³/mol. The minimum Gasteiger partial charge on any atom is -0.451 e. The summed E-state index contributed by atoms with van der Waals surface area (Å²) in [5, 5.41) is 5.04. The molecule has 27 heavy (non-hydrogen) atoms. The zero-order chi connectivity index (χ0) is 18.8. The minimum absolute atomic E-state index is 0.136. The Kier molecular flexibility index (Phi) is 5.01. The van der Waals surface area contributed by atoms with Crippen molar-refractivity contribution in [2.75, 3.05) is 11.1 Å². The highest BCUT2D eigenvalue weighted by molar-refractivity contribution is 8.00. The number of carbonyl (C=O) groups excluding carboxylic acids is 1. The highest BCUT2D eigenvalue weighted by Crippen LogP contribution is 2.33. The van der Waals surface area contributed by atoms with E-state index in [0.717, 1.165) is 22.3 Å². The van der Waals surface area contributed by atoms with Gasteiger partial charge in [-0.3, -0.25) is 4.79 Å². The highest BCUT2D eigenvalue weighted by Gasteiger charge is 2.16. The summed E-state index contributed by atoms with van der Waals surface area (Å²) in [7, 11) is 0. The zero-order valence-electron chi connectivity index (χ0n) is 14.5. The van der Waals surface area contributed by atoms with Gasteiger partial charge in [-0.25, -0.2) is 9.97 Å². The number of thioether (sulfide) groups is 1. The molecule has 5 nitrogen and oxygen atoms in total. The number of benzene rings is 2. The number of rotatable bonds is 5. The van der Waals surface area contributed by atoms with E-state index in [9.17, 15) is 4.79 Å². The van der Waals surface area contributed by atoms with E-state index in [2.05, 4.69) is 15.3 Å². The average molecular weight is 398 g/mol. The maximum atomic E-state index is 12.3. The van der Waals surface area contributed by atoms with E-state index < -0.39 is 0 Å². The third kappa shape index (κ3) is 3.77. The van der Waals surface area contributed by atoms with Gasteiger partial charge in [0.2, 0.25) is 5.91 Å².